The van der Waals surface area contributed by atoms with E-state index in [1.807, 2.05) is 0 Å². The molecule has 30 heavy (non-hydrogen) atoms. The van der Waals surface area contributed by atoms with E-state index in [1.165, 1.54) is 42.5 Å². The zero-order valence-electron chi connectivity index (χ0n) is 15.0. The number of ether oxygens (including phenoxy) is 2. The van der Waals surface area contributed by atoms with Crippen molar-refractivity contribution in [3.63, 3.8) is 0 Å². The number of halogens is 4. The molecule has 3 rings (SSSR count). The third kappa shape index (κ3) is 5.66. The van der Waals surface area contributed by atoms with Crippen molar-refractivity contribution in [3.05, 3.63) is 72.5 Å². The maximum absolute atomic E-state index is 12.9. The number of rotatable bonds is 6. The highest BCUT2D eigenvalue weighted by Gasteiger charge is 2.31. The van der Waals surface area contributed by atoms with Gasteiger partial charge in [-0.05, 0) is 66.7 Å². The molecule has 1 N–H and O–H groups in total. The van der Waals surface area contributed by atoms with Crippen LogP contribution in [0.2, 0.25) is 0 Å². The van der Waals surface area contributed by atoms with Crippen molar-refractivity contribution in [2.45, 2.75) is 11.3 Å². The largest absolute Gasteiger partial charge is 0.573 e. The molecule has 0 aromatic heterocycles. The maximum atomic E-state index is 12.9. The summed E-state index contributed by atoms with van der Waals surface area (Å²) in [6, 6.07) is 13.0. The molecule has 11 heteroatoms. The van der Waals surface area contributed by atoms with Gasteiger partial charge in [0.25, 0.3) is 10.0 Å². The van der Waals surface area contributed by atoms with Crippen LogP contribution in [0, 0.1) is 5.82 Å². The normalized spacial score (nSPS) is 11.7. The molecular weight excluding hydrogens is 425 g/mol. The van der Waals surface area contributed by atoms with Crippen LogP contribution in [0.4, 0.5) is 23.2 Å². The topological polar surface area (TPSA) is 64.6 Å². The predicted molar refractivity (Wildman–Crippen MR) is 102 cm³/mol. The Morgan fingerprint density at radius 3 is 2.03 bits per heavy atom. The molecule has 0 amide bonds. The van der Waals surface area contributed by atoms with Gasteiger partial charge in [-0.2, -0.15) is 0 Å². The van der Waals surface area contributed by atoms with Crippen LogP contribution in [0.1, 0.15) is 0 Å². The van der Waals surface area contributed by atoms with E-state index >= 15 is 0 Å². The molecule has 3 aromatic rings. The molecule has 0 aliphatic heterocycles. The summed E-state index contributed by atoms with van der Waals surface area (Å²) in [5.74, 6) is -0.429. The van der Waals surface area contributed by atoms with Crippen molar-refractivity contribution in [1.82, 2.24) is 0 Å². The summed E-state index contributed by atoms with van der Waals surface area (Å²) in [7, 11) is 1.79. The fourth-order valence-electron chi connectivity index (χ4n) is 2.37. The molecule has 0 heterocycles. The van der Waals surface area contributed by atoms with Gasteiger partial charge < -0.3 is 9.47 Å². The van der Waals surface area contributed by atoms with Crippen LogP contribution in [-0.2, 0) is 10.0 Å². The minimum Gasteiger partial charge on any atom is -0.458 e. The molecule has 0 unspecified atom stereocenters. The van der Waals surface area contributed by atoms with E-state index in [9.17, 15) is 26.0 Å². The Hall–Kier alpha value is -3.21. The highest BCUT2D eigenvalue weighted by molar-refractivity contribution is 7.92. The average molecular weight is 437 g/mol. The lowest BCUT2D eigenvalue weighted by atomic mass is 9.94. The molecule has 0 fully saturated rings. The minimum absolute atomic E-state index is 0.105. The van der Waals surface area contributed by atoms with E-state index in [0.29, 0.717) is 5.75 Å². The van der Waals surface area contributed by atoms with Crippen molar-refractivity contribution in [1.29, 1.82) is 0 Å². The van der Waals surface area contributed by atoms with Crippen molar-refractivity contribution in [2.75, 3.05) is 4.72 Å². The summed E-state index contributed by atoms with van der Waals surface area (Å²) in [4.78, 5) is -0.276. The summed E-state index contributed by atoms with van der Waals surface area (Å²) >= 11 is 0. The maximum Gasteiger partial charge on any atom is 0.573 e. The standard InChI is InChI=1S/C19H12BF4NO4S/c20-17-11-13(3-10-18(17)28-14-4-1-12(21)2-5-14)25-30(26,27)16-8-6-15(7-9-16)29-19(22,23)24/h1-11,25H. The van der Waals surface area contributed by atoms with Gasteiger partial charge in [-0.1, -0.05) is 5.46 Å². The lowest BCUT2D eigenvalue weighted by molar-refractivity contribution is -0.274. The Balaban J connectivity index is 1.73. The van der Waals surface area contributed by atoms with Gasteiger partial charge in [0.2, 0.25) is 0 Å². The number of benzene rings is 3. The zero-order chi connectivity index (χ0) is 21.9. The number of alkyl halides is 3. The predicted octanol–water partition coefficient (Wildman–Crippen LogP) is 4.11. The molecule has 0 saturated heterocycles. The van der Waals surface area contributed by atoms with Crippen molar-refractivity contribution >= 4 is 29.0 Å². The molecule has 0 aliphatic rings. The zero-order valence-corrected chi connectivity index (χ0v) is 15.8. The highest BCUT2D eigenvalue weighted by atomic mass is 32.2. The third-order valence-electron chi connectivity index (χ3n) is 3.67. The summed E-state index contributed by atoms with van der Waals surface area (Å²) in [5.41, 5.74) is 0.211. The second-order valence-electron chi connectivity index (χ2n) is 5.93. The van der Waals surface area contributed by atoms with Crippen LogP contribution in [-0.4, -0.2) is 22.6 Å². The Kier molecular flexibility index (Phi) is 5.93. The first-order valence-electron chi connectivity index (χ1n) is 8.23. The summed E-state index contributed by atoms with van der Waals surface area (Å²) in [6.45, 7) is 0. The van der Waals surface area contributed by atoms with E-state index in [-0.39, 0.29) is 21.8 Å². The second-order valence-corrected chi connectivity index (χ2v) is 7.62. The molecule has 0 aliphatic carbocycles. The third-order valence-corrected chi connectivity index (χ3v) is 5.07. The Morgan fingerprint density at radius 1 is 0.867 bits per heavy atom. The van der Waals surface area contributed by atoms with Gasteiger partial charge in [0.05, 0.1) is 4.90 Å². The van der Waals surface area contributed by atoms with Crippen LogP contribution in [0.15, 0.2) is 71.6 Å². The number of sulfonamides is 1. The number of nitrogens with one attached hydrogen (secondary N) is 1. The molecule has 0 saturated carbocycles. The number of hydrogen-bond acceptors (Lipinski definition) is 4. The summed E-state index contributed by atoms with van der Waals surface area (Å²) < 4.78 is 85.9. The van der Waals surface area contributed by atoms with Crippen molar-refractivity contribution < 1.29 is 35.5 Å². The van der Waals surface area contributed by atoms with E-state index in [2.05, 4.69) is 9.46 Å². The lowest BCUT2D eigenvalue weighted by Gasteiger charge is -2.13. The monoisotopic (exact) mass is 437 g/mol. The molecule has 0 atom stereocenters. The molecule has 2 radical (unpaired) electrons. The average Bonchev–Trinajstić information content (AvgIpc) is 2.64. The molecule has 5 nitrogen and oxygen atoms in total. The number of hydrogen-bond donors (Lipinski definition) is 1. The first-order valence-corrected chi connectivity index (χ1v) is 9.72. The minimum atomic E-state index is -4.88. The Bertz CT molecular complexity index is 1130. The van der Waals surface area contributed by atoms with Gasteiger partial charge in [0.15, 0.2) is 0 Å². The molecule has 0 spiro atoms. The fraction of sp³-hybridized carbons (Fsp3) is 0.0526. The Morgan fingerprint density at radius 2 is 1.47 bits per heavy atom. The van der Waals surface area contributed by atoms with Gasteiger partial charge in [-0.3, -0.25) is 4.72 Å². The quantitative estimate of drug-likeness (QED) is 0.466. The van der Waals surface area contributed by atoms with Crippen LogP contribution >= 0.6 is 0 Å². The first-order chi connectivity index (χ1) is 14.0. The molecule has 154 valence electrons. The van der Waals surface area contributed by atoms with E-state index < -0.39 is 28.0 Å². The van der Waals surface area contributed by atoms with Crippen molar-refractivity contribution in [2.24, 2.45) is 0 Å². The van der Waals surface area contributed by atoms with Crippen LogP contribution in [0.25, 0.3) is 0 Å². The smallest absolute Gasteiger partial charge is 0.458 e. The highest BCUT2D eigenvalue weighted by Crippen LogP contribution is 2.26. The fourth-order valence-corrected chi connectivity index (χ4v) is 3.42. The Labute approximate surface area is 170 Å². The van der Waals surface area contributed by atoms with Crippen LogP contribution < -0.4 is 19.7 Å². The van der Waals surface area contributed by atoms with Crippen LogP contribution in [0.5, 0.6) is 17.2 Å². The van der Waals surface area contributed by atoms with Crippen molar-refractivity contribution in [3.8, 4) is 17.2 Å². The van der Waals surface area contributed by atoms with E-state index in [0.717, 1.165) is 24.3 Å². The summed E-state index contributed by atoms with van der Waals surface area (Å²) in [6.07, 6.45) is -4.88. The molecular formula is C19H12BF4NO4S. The van der Waals surface area contributed by atoms with E-state index in [1.54, 1.807) is 0 Å². The molecule has 0 bridgehead atoms. The lowest BCUT2D eigenvalue weighted by Crippen LogP contribution is -2.17. The van der Waals surface area contributed by atoms with Gasteiger partial charge in [0, 0.05) is 5.69 Å². The number of anilines is 1. The molecule has 3 aromatic carbocycles. The second kappa shape index (κ2) is 8.27. The summed E-state index contributed by atoms with van der Waals surface area (Å²) in [5, 5.41) is 0. The van der Waals surface area contributed by atoms with Crippen LogP contribution in [0.3, 0.4) is 0 Å². The van der Waals surface area contributed by atoms with Gasteiger partial charge in [0.1, 0.15) is 30.9 Å². The van der Waals surface area contributed by atoms with Gasteiger partial charge in [-0.15, -0.1) is 13.2 Å². The van der Waals surface area contributed by atoms with Gasteiger partial charge >= 0.3 is 6.36 Å². The van der Waals surface area contributed by atoms with E-state index in [4.69, 9.17) is 12.6 Å². The first kappa shape index (κ1) is 21.5. The SMILES string of the molecule is [B]c1cc(NS(=O)(=O)c2ccc(OC(F)(F)F)cc2)ccc1Oc1ccc(F)cc1. The van der Waals surface area contributed by atoms with Gasteiger partial charge in [-0.25, -0.2) is 12.8 Å².